The number of halogens is 2. The monoisotopic (exact) mass is 243 g/mol. The predicted molar refractivity (Wildman–Crippen MR) is 63.7 cm³/mol. The van der Waals surface area contributed by atoms with Crippen LogP contribution in [0.1, 0.15) is 32.8 Å². The molecule has 2 N–H and O–H groups in total. The Bertz CT molecular complexity index is 384. The summed E-state index contributed by atoms with van der Waals surface area (Å²) >= 11 is 0. The lowest BCUT2D eigenvalue weighted by Crippen LogP contribution is -2.47. The van der Waals surface area contributed by atoms with Gasteiger partial charge in [0.25, 0.3) is 0 Å². The Labute approximate surface area is 101 Å². The van der Waals surface area contributed by atoms with Crippen molar-refractivity contribution >= 4 is 0 Å². The first kappa shape index (κ1) is 14.1. The molecule has 96 valence electrons. The van der Waals surface area contributed by atoms with Crippen LogP contribution in [0.4, 0.5) is 8.78 Å². The van der Waals surface area contributed by atoms with E-state index in [0.717, 1.165) is 12.5 Å². The van der Waals surface area contributed by atoms with E-state index in [1.165, 1.54) is 12.1 Å². The maximum atomic E-state index is 13.7. The predicted octanol–water partition coefficient (Wildman–Crippen LogP) is 2.56. The second-order valence-corrected chi connectivity index (χ2v) is 4.55. The molecule has 2 nitrogen and oxygen atoms in total. The molecule has 0 aliphatic heterocycles. The molecule has 17 heavy (non-hydrogen) atoms. The number of rotatable bonds is 5. The lowest BCUT2D eigenvalue weighted by Gasteiger charge is -2.32. The van der Waals surface area contributed by atoms with Crippen molar-refractivity contribution in [3.63, 3.8) is 0 Å². The zero-order valence-electron chi connectivity index (χ0n) is 10.4. The van der Waals surface area contributed by atoms with Gasteiger partial charge in [-0.1, -0.05) is 19.1 Å². The van der Waals surface area contributed by atoms with Crippen LogP contribution in [-0.4, -0.2) is 17.8 Å². The Kier molecular flexibility index (Phi) is 4.60. The van der Waals surface area contributed by atoms with Gasteiger partial charge in [0.1, 0.15) is 0 Å². The Morgan fingerprint density at radius 3 is 2.59 bits per heavy atom. The van der Waals surface area contributed by atoms with E-state index in [1.807, 2.05) is 13.8 Å². The first-order valence-electron chi connectivity index (χ1n) is 5.77. The minimum Gasteiger partial charge on any atom is -0.394 e. The minimum atomic E-state index is -0.971. The number of aliphatic hydroxyl groups is 1. The second-order valence-electron chi connectivity index (χ2n) is 4.55. The van der Waals surface area contributed by atoms with Crippen molar-refractivity contribution in [3.05, 3.63) is 35.4 Å². The Hall–Kier alpha value is -1.00. The smallest absolute Gasteiger partial charge is 0.163 e. The number of hydrogen-bond acceptors (Lipinski definition) is 2. The molecule has 0 saturated carbocycles. The van der Waals surface area contributed by atoms with Crippen LogP contribution >= 0.6 is 0 Å². The highest BCUT2D eigenvalue weighted by Gasteiger charge is 2.30. The maximum absolute atomic E-state index is 13.7. The summed E-state index contributed by atoms with van der Waals surface area (Å²) in [6, 6.07) is 4.11. The summed E-state index contributed by atoms with van der Waals surface area (Å²) in [6.07, 6.45) is 0.840. The van der Waals surface area contributed by atoms with Crippen LogP contribution in [0.15, 0.2) is 18.2 Å². The third-order valence-electron chi connectivity index (χ3n) is 3.04. The molecule has 1 aromatic rings. The molecule has 0 heterocycles. The van der Waals surface area contributed by atoms with Crippen LogP contribution in [0.2, 0.25) is 0 Å². The van der Waals surface area contributed by atoms with E-state index < -0.39 is 17.2 Å². The van der Waals surface area contributed by atoms with Crippen molar-refractivity contribution < 1.29 is 13.9 Å². The van der Waals surface area contributed by atoms with Gasteiger partial charge < -0.3 is 10.4 Å². The van der Waals surface area contributed by atoms with E-state index in [9.17, 15) is 13.9 Å². The number of nitrogens with one attached hydrogen (secondary N) is 1. The van der Waals surface area contributed by atoms with Crippen molar-refractivity contribution in [2.45, 2.75) is 38.8 Å². The van der Waals surface area contributed by atoms with Gasteiger partial charge in [-0.15, -0.1) is 0 Å². The van der Waals surface area contributed by atoms with Gasteiger partial charge in [0.2, 0.25) is 0 Å². The molecule has 0 aliphatic rings. The number of hydrogen-bond donors (Lipinski definition) is 2. The molecule has 0 fully saturated rings. The van der Waals surface area contributed by atoms with Crippen LogP contribution in [0.25, 0.3) is 0 Å². The topological polar surface area (TPSA) is 32.3 Å². The highest BCUT2D eigenvalue weighted by molar-refractivity contribution is 5.27. The Balaban J connectivity index is 3.11. The third kappa shape index (κ3) is 3.01. The van der Waals surface area contributed by atoms with Crippen molar-refractivity contribution in [3.8, 4) is 0 Å². The second kappa shape index (κ2) is 5.56. The number of aliphatic hydroxyl groups excluding tert-OH is 1. The summed E-state index contributed by atoms with van der Waals surface area (Å²) < 4.78 is 26.9. The zero-order valence-corrected chi connectivity index (χ0v) is 10.4. The molecule has 2 atom stereocenters. The highest BCUT2D eigenvalue weighted by Crippen LogP contribution is 2.25. The maximum Gasteiger partial charge on any atom is 0.163 e. The Morgan fingerprint density at radius 1 is 1.41 bits per heavy atom. The average molecular weight is 243 g/mol. The summed E-state index contributed by atoms with van der Waals surface area (Å²) in [7, 11) is 0. The fourth-order valence-electron chi connectivity index (χ4n) is 1.78. The molecular weight excluding hydrogens is 224 g/mol. The normalized spacial score (nSPS) is 16.6. The van der Waals surface area contributed by atoms with Gasteiger partial charge in [0.05, 0.1) is 12.1 Å². The lowest BCUT2D eigenvalue weighted by molar-refractivity contribution is 0.158. The molecule has 0 bridgehead atoms. The molecule has 1 aromatic carbocycles. The van der Waals surface area contributed by atoms with E-state index in [0.29, 0.717) is 0 Å². The lowest BCUT2D eigenvalue weighted by atomic mass is 9.91. The van der Waals surface area contributed by atoms with E-state index in [4.69, 9.17) is 0 Å². The molecular formula is C13H19F2NO. The Morgan fingerprint density at radius 2 is 2.06 bits per heavy atom. The van der Waals surface area contributed by atoms with Crippen LogP contribution in [0.3, 0.4) is 0 Å². The fourth-order valence-corrected chi connectivity index (χ4v) is 1.78. The molecule has 0 amide bonds. The van der Waals surface area contributed by atoms with Crippen LogP contribution in [0, 0.1) is 11.6 Å². The number of benzene rings is 1. The molecule has 2 unspecified atom stereocenters. The zero-order chi connectivity index (χ0) is 13.1. The van der Waals surface area contributed by atoms with Crippen LogP contribution in [0.5, 0.6) is 0 Å². The molecule has 0 aromatic heterocycles. The summed E-state index contributed by atoms with van der Waals surface area (Å²) in [5.41, 5.74) is -0.818. The molecule has 1 rings (SSSR count). The van der Waals surface area contributed by atoms with Crippen LogP contribution in [-0.2, 0) is 5.54 Å². The van der Waals surface area contributed by atoms with Crippen LogP contribution < -0.4 is 5.32 Å². The summed E-state index contributed by atoms with van der Waals surface area (Å²) in [4.78, 5) is 0. The molecule has 4 heteroatoms. The van der Waals surface area contributed by atoms with Crippen molar-refractivity contribution in [2.75, 3.05) is 6.61 Å². The molecule has 0 aliphatic carbocycles. The summed E-state index contributed by atoms with van der Waals surface area (Å²) in [5.74, 6) is -1.80. The first-order chi connectivity index (χ1) is 7.94. The van der Waals surface area contributed by atoms with E-state index in [2.05, 4.69) is 5.32 Å². The van der Waals surface area contributed by atoms with Crippen molar-refractivity contribution in [1.29, 1.82) is 0 Å². The van der Waals surface area contributed by atoms with Gasteiger partial charge in [-0.3, -0.25) is 0 Å². The van der Waals surface area contributed by atoms with E-state index in [-0.39, 0.29) is 18.2 Å². The minimum absolute atomic E-state index is 0.106. The van der Waals surface area contributed by atoms with E-state index >= 15 is 0 Å². The first-order valence-corrected chi connectivity index (χ1v) is 5.77. The van der Waals surface area contributed by atoms with Gasteiger partial charge in [-0.25, -0.2) is 8.78 Å². The molecule has 0 saturated heterocycles. The molecule has 0 radical (unpaired) electrons. The van der Waals surface area contributed by atoms with Gasteiger partial charge in [-0.2, -0.15) is 0 Å². The van der Waals surface area contributed by atoms with Crippen molar-refractivity contribution in [1.82, 2.24) is 5.32 Å². The average Bonchev–Trinajstić information content (AvgIpc) is 2.32. The largest absolute Gasteiger partial charge is 0.394 e. The third-order valence-corrected chi connectivity index (χ3v) is 3.04. The van der Waals surface area contributed by atoms with Gasteiger partial charge in [0, 0.05) is 11.6 Å². The fraction of sp³-hybridized carbons (Fsp3) is 0.538. The SMILES string of the molecule is CCC(C)NC(C)(CO)c1cccc(F)c1F. The molecule has 0 spiro atoms. The summed E-state index contributed by atoms with van der Waals surface area (Å²) in [5, 5.41) is 12.6. The van der Waals surface area contributed by atoms with Gasteiger partial charge >= 0.3 is 0 Å². The van der Waals surface area contributed by atoms with E-state index in [1.54, 1.807) is 6.92 Å². The quantitative estimate of drug-likeness (QED) is 0.833. The summed E-state index contributed by atoms with van der Waals surface area (Å²) in [6.45, 7) is 5.29. The highest BCUT2D eigenvalue weighted by atomic mass is 19.2. The standard InChI is InChI=1S/C13H19F2NO/c1-4-9(2)16-13(3,8-17)10-6-5-7-11(14)12(10)15/h5-7,9,16-17H,4,8H2,1-3H3. The van der Waals surface area contributed by atoms with Crippen molar-refractivity contribution in [2.24, 2.45) is 0 Å². The van der Waals surface area contributed by atoms with Gasteiger partial charge in [0.15, 0.2) is 11.6 Å². The van der Waals surface area contributed by atoms with Gasteiger partial charge in [-0.05, 0) is 26.3 Å².